The van der Waals surface area contributed by atoms with Gasteiger partial charge in [-0.25, -0.2) is 0 Å². The third kappa shape index (κ3) is 3.13. The first kappa shape index (κ1) is 12.3. The number of hydrogen-bond acceptors (Lipinski definition) is 4. The van der Waals surface area contributed by atoms with Gasteiger partial charge in [-0.15, -0.1) is 0 Å². The van der Waals surface area contributed by atoms with Crippen LogP contribution in [0, 0.1) is 0 Å². The average molecular weight is 225 g/mol. The number of carbonyl (C=O) groups excluding carboxylic acids is 1. The molecule has 1 aromatic rings. The smallest absolute Gasteiger partial charge is 0.252 e. The van der Waals surface area contributed by atoms with Gasteiger partial charge in [0, 0.05) is 20.1 Å². The minimum absolute atomic E-state index is 0.0595. The number of nitrogens with two attached hydrogens (primary N) is 1. The SMILES string of the molecule is COCCCOc1cccc(C(N)=O)c1O. The topological polar surface area (TPSA) is 81.8 Å². The molecule has 5 heteroatoms. The number of carbonyl (C=O) groups is 1. The van der Waals surface area contributed by atoms with Gasteiger partial charge in [-0.05, 0) is 12.1 Å². The van der Waals surface area contributed by atoms with Gasteiger partial charge in [0.15, 0.2) is 11.5 Å². The zero-order valence-electron chi connectivity index (χ0n) is 9.10. The third-order valence-corrected chi connectivity index (χ3v) is 2.01. The summed E-state index contributed by atoms with van der Waals surface area (Å²) in [4.78, 5) is 10.9. The van der Waals surface area contributed by atoms with E-state index in [1.54, 1.807) is 19.2 Å². The van der Waals surface area contributed by atoms with Crippen molar-refractivity contribution in [1.82, 2.24) is 0 Å². The second-order valence-electron chi connectivity index (χ2n) is 3.21. The number of para-hydroxylation sites is 1. The van der Waals surface area contributed by atoms with Crippen molar-refractivity contribution in [3.05, 3.63) is 23.8 Å². The minimum Gasteiger partial charge on any atom is -0.504 e. The maximum absolute atomic E-state index is 10.9. The highest BCUT2D eigenvalue weighted by Crippen LogP contribution is 2.29. The molecule has 88 valence electrons. The number of methoxy groups -OCH3 is 1. The number of rotatable bonds is 6. The zero-order valence-corrected chi connectivity index (χ0v) is 9.10. The van der Waals surface area contributed by atoms with Crippen molar-refractivity contribution in [2.24, 2.45) is 5.73 Å². The standard InChI is InChI=1S/C11H15NO4/c1-15-6-3-7-16-9-5-2-4-8(10(9)13)11(12)14/h2,4-5,13H,3,6-7H2,1H3,(H2,12,14). The van der Waals surface area contributed by atoms with Crippen LogP contribution < -0.4 is 10.5 Å². The second kappa shape index (κ2) is 5.97. The van der Waals surface area contributed by atoms with Crippen molar-refractivity contribution in [2.75, 3.05) is 20.3 Å². The summed E-state index contributed by atoms with van der Waals surface area (Å²) in [7, 11) is 1.60. The number of ether oxygens (including phenoxy) is 2. The van der Waals surface area contributed by atoms with Gasteiger partial charge in [0.2, 0.25) is 0 Å². The molecule has 5 nitrogen and oxygen atoms in total. The first-order chi connectivity index (χ1) is 7.66. The zero-order chi connectivity index (χ0) is 12.0. The van der Waals surface area contributed by atoms with Crippen LogP contribution in [0.1, 0.15) is 16.8 Å². The summed E-state index contributed by atoms with van der Waals surface area (Å²) in [5.41, 5.74) is 5.14. The Hall–Kier alpha value is -1.75. The lowest BCUT2D eigenvalue weighted by molar-refractivity contribution is 0.0996. The fourth-order valence-electron chi connectivity index (χ4n) is 1.22. The molecule has 0 aliphatic carbocycles. The summed E-state index contributed by atoms with van der Waals surface area (Å²) in [6.07, 6.45) is 0.705. The van der Waals surface area contributed by atoms with E-state index in [0.717, 1.165) is 0 Å². The predicted octanol–water partition coefficient (Wildman–Crippen LogP) is 0.906. The van der Waals surface area contributed by atoms with Crippen molar-refractivity contribution < 1.29 is 19.4 Å². The highest BCUT2D eigenvalue weighted by Gasteiger charge is 2.11. The fraction of sp³-hybridized carbons (Fsp3) is 0.364. The van der Waals surface area contributed by atoms with E-state index in [0.29, 0.717) is 19.6 Å². The Balaban J connectivity index is 2.66. The van der Waals surface area contributed by atoms with Gasteiger partial charge in [-0.2, -0.15) is 0 Å². The molecule has 1 aromatic carbocycles. The van der Waals surface area contributed by atoms with Crippen LogP contribution in [0.15, 0.2) is 18.2 Å². The normalized spacial score (nSPS) is 10.1. The van der Waals surface area contributed by atoms with Crippen LogP contribution in [0.3, 0.4) is 0 Å². The molecule has 0 fully saturated rings. The Bertz CT molecular complexity index is 365. The maximum atomic E-state index is 10.9. The van der Waals surface area contributed by atoms with Crippen LogP contribution in [-0.4, -0.2) is 31.3 Å². The molecule has 1 amide bonds. The Kier molecular flexibility index (Phi) is 4.60. The summed E-state index contributed by atoms with van der Waals surface area (Å²) in [5.74, 6) is -0.639. The molecular weight excluding hydrogens is 210 g/mol. The summed E-state index contributed by atoms with van der Waals surface area (Å²) in [6.45, 7) is 0.986. The van der Waals surface area contributed by atoms with Gasteiger partial charge >= 0.3 is 0 Å². The van der Waals surface area contributed by atoms with Crippen LogP contribution in [0.5, 0.6) is 11.5 Å². The summed E-state index contributed by atoms with van der Waals surface area (Å²) < 4.78 is 10.1. The molecule has 0 aliphatic heterocycles. The van der Waals surface area contributed by atoms with E-state index >= 15 is 0 Å². The molecule has 0 spiro atoms. The van der Waals surface area contributed by atoms with Crippen LogP contribution >= 0.6 is 0 Å². The average Bonchev–Trinajstić information content (AvgIpc) is 2.26. The highest BCUT2D eigenvalue weighted by atomic mass is 16.5. The predicted molar refractivity (Wildman–Crippen MR) is 58.6 cm³/mol. The van der Waals surface area contributed by atoms with Crippen molar-refractivity contribution >= 4 is 5.91 Å². The van der Waals surface area contributed by atoms with Gasteiger partial charge in [-0.1, -0.05) is 6.07 Å². The van der Waals surface area contributed by atoms with E-state index in [4.69, 9.17) is 15.2 Å². The van der Waals surface area contributed by atoms with Crippen molar-refractivity contribution in [1.29, 1.82) is 0 Å². The first-order valence-electron chi connectivity index (χ1n) is 4.90. The highest BCUT2D eigenvalue weighted by molar-refractivity contribution is 5.96. The van der Waals surface area contributed by atoms with Gasteiger partial charge < -0.3 is 20.3 Å². The van der Waals surface area contributed by atoms with E-state index in [9.17, 15) is 9.90 Å². The molecule has 0 radical (unpaired) electrons. The number of hydrogen-bond donors (Lipinski definition) is 2. The van der Waals surface area contributed by atoms with Crippen molar-refractivity contribution in [3.8, 4) is 11.5 Å². The molecule has 0 aliphatic rings. The monoisotopic (exact) mass is 225 g/mol. The van der Waals surface area contributed by atoms with Crippen molar-refractivity contribution in [2.45, 2.75) is 6.42 Å². The van der Waals surface area contributed by atoms with Gasteiger partial charge in [0.05, 0.1) is 12.2 Å². The molecule has 1 rings (SSSR count). The number of aromatic hydroxyl groups is 1. The van der Waals surface area contributed by atoms with Crippen molar-refractivity contribution in [3.63, 3.8) is 0 Å². The van der Waals surface area contributed by atoms with Gasteiger partial charge in [0.25, 0.3) is 5.91 Å². The largest absolute Gasteiger partial charge is 0.504 e. The van der Waals surface area contributed by atoms with Crippen LogP contribution in [0.25, 0.3) is 0 Å². The first-order valence-corrected chi connectivity index (χ1v) is 4.90. The van der Waals surface area contributed by atoms with Crippen LogP contribution in [0.2, 0.25) is 0 Å². The van der Waals surface area contributed by atoms with E-state index in [-0.39, 0.29) is 17.1 Å². The molecule has 0 heterocycles. The Morgan fingerprint density at radius 2 is 2.19 bits per heavy atom. The number of amides is 1. The minimum atomic E-state index is -0.681. The molecule has 3 N–H and O–H groups in total. The number of benzene rings is 1. The molecule has 16 heavy (non-hydrogen) atoms. The quantitative estimate of drug-likeness (QED) is 0.705. The van der Waals surface area contributed by atoms with Crippen LogP contribution in [-0.2, 0) is 4.74 Å². The second-order valence-corrected chi connectivity index (χ2v) is 3.21. The van der Waals surface area contributed by atoms with E-state index in [2.05, 4.69) is 0 Å². The molecule has 0 saturated carbocycles. The number of primary amides is 1. The molecule has 0 saturated heterocycles. The van der Waals surface area contributed by atoms with Gasteiger partial charge in [-0.3, -0.25) is 4.79 Å². The van der Waals surface area contributed by atoms with E-state index in [1.165, 1.54) is 6.07 Å². The molecule has 0 atom stereocenters. The number of phenols is 1. The molecular formula is C11H15NO4. The van der Waals surface area contributed by atoms with E-state index < -0.39 is 5.91 Å². The Morgan fingerprint density at radius 1 is 1.44 bits per heavy atom. The Labute approximate surface area is 93.8 Å². The maximum Gasteiger partial charge on any atom is 0.252 e. The molecule has 0 bridgehead atoms. The lowest BCUT2D eigenvalue weighted by Gasteiger charge is -2.09. The lowest BCUT2D eigenvalue weighted by Crippen LogP contribution is -2.11. The fourth-order valence-corrected chi connectivity index (χ4v) is 1.22. The lowest BCUT2D eigenvalue weighted by atomic mass is 10.2. The van der Waals surface area contributed by atoms with Crippen LogP contribution in [0.4, 0.5) is 0 Å². The summed E-state index contributed by atoms with van der Waals surface area (Å²) in [6, 6.07) is 4.62. The molecule has 0 aromatic heterocycles. The molecule has 0 unspecified atom stereocenters. The van der Waals surface area contributed by atoms with Gasteiger partial charge in [0.1, 0.15) is 0 Å². The summed E-state index contributed by atoms with van der Waals surface area (Å²) >= 11 is 0. The third-order valence-electron chi connectivity index (χ3n) is 2.01. The Morgan fingerprint density at radius 3 is 2.81 bits per heavy atom. The summed E-state index contributed by atoms with van der Waals surface area (Å²) in [5, 5.41) is 9.66. The van der Waals surface area contributed by atoms with E-state index in [1.807, 2.05) is 0 Å².